The van der Waals surface area contributed by atoms with Gasteiger partial charge in [-0.1, -0.05) is 0 Å². The minimum atomic E-state index is -0.165. The summed E-state index contributed by atoms with van der Waals surface area (Å²) in [6, 6.07) is 4.64. The van der Waals surface area contributed by atoms with Crippen LogP contribution in [0.4, 0.5) is 5.82 Å². The van der Waals surface area contributed by atoms with Crippen LogP contribution in [0.1, 0.15) is 45.2 Å². The molecule has 3 heterocycles. The number of carbonyl (C=O) groups excluding carboxylic acids is 1. The highest BCUT2D eigenvalue weighted by atomic mass is 16.2. The summed E-state index contributed by atoms with van der Waals surface area (Å²) in [4.78, 5) is 29.5. The zero-order chi connectivity index (χ0) is 20.4. The molecule has 0 aliphatic carbocycles. The molecule has 1 saturated heterocycles. The monoisotopic (exact) mass is 382 g/mol. The molecule has 2 aromatic heterocycles. The van der Waals surface area contributed by atoms with E-state index in [1.807, 2.05) is 27.7 Å². The molecule has 1 atom stereocenters. The van der Waals surface area contributed by atoms with E-state index in [4.69, 9.17) is 0 Å². The van der Waals surface area contributed by atoms with Crippen molar-refractivity contribution in [2.24, 2.45) is 0 Å². The fourth-order valence-electron chi connectivity index (χ4n) is 3.62. The minimum absolute atomic E-state index is 0.165. The first-order chi connectivity index (χ1) is 13.2. The smallest absolute Gasteiger partial charge is 0.291 e. The van der Waals surface area contributed by atoms with Gasteiger partial charge in [-0.2, -0.15) is 0 Å². The Balaban J connectivity index is 1.70. The van der Waals surface area contributed by atoms with Gasteiger partial charge in [-0.15, -0.1) is 0 Å². The predicted molar refractivity (Wildman–Crippen MR) is 111 cm³/mol. The summed E-state index contributed by atoms with van der Waals surface area (Å²) in [7, 11) is 3.44. The maximum absolute atomic E-state index is 12.3. The van der Waals surface area contributed by atoms with Crippen LogP contribution in [0.3, 0.4) is 0 Å². The molecule has 28 heavy (non-hydrogen) atoms. The minimum Gasteiger partial charge on any atom is -0.355 e. The van der Waals surface area contributed by atoms with E-state index in [0.29, 0.717) is 6.04 Å². The molecule has 0 radical (unpaired) electrons. The van der Waals surface area contributed by atoms with E-state index in [9.17, 15) is 4.79 Å². The lowest BCUT2D eigenvalue weighted by Gasteiger charge is -2.22. The van der Waals surface area contributed by atoms with Crippen molar-refractivity contribution >= 4 is 11.7 Å². The predicted octanol–water partition coefficient (Wildman–Crippen LogP) is 2.18. The second-order valence-electron chi connectivity index (χ2n) is 7.85. The summed E-state index contributed by atoms with van der Waals surface area (Å²) in [6.07, 6.45) is 1.04. The Labute approximate surface area is 167 Å². The van der Waals surface area contributed by atoms with E-state index in [1.165, 1.54) is 10.5 Å². The quantitative estimate of drug-likeness (QED) is 0.854. The summed E-state index contributed by atoms with van der Waals surface area (Å²) in [5.41, 5.74) is 5.26. The zero-order valence-corrected chi connectivity index (χ0v) is 17.7. The van der Waals surface area contributed by atoms with Gasteiger partial charge in [-0.3, -0.25) is 9.78 Å². The number of nitrogens with zero attached hydrogens (tertiary/aromatic N) is 5. The number of carbonyl (C=O) groups is 1. The molecular weight excluding hydrogens is 352 g/mol. The third-order valence-electron chi connectivity index (χ3n) is 5.18. The first kappa shape index (κ1) is 20.2. The molecule has 0 saturated carbocycles. The molecule has 0 spiro atoms. The number of nitrogens with one attached hydrogen (secondary N) is 1. The standard InChI is InChI=1S/C21H30N6O/c1-13-9-17(10-14(2)23-13)11-22-18-7-8-27(12-18)20-15(3)16(4)24-19(25-20)21(28)26(5)6/h9-10,18,22H,7-8,11-12H2,1-6H3/t18-/m1/s1. The van der Waals surface area contributed by atoms with Crippen molar-refractivity contribution in [2.45, 2.75) is 46.7 Å². The number of rotatable bonds is 5. The maximum Gasteiger partial charge on any atom is 0.291 e. The first-order valence-electron chi connectivity index (χ1n) is 9.74. The van der Waals surface area contributed by atoms with Crippen molar-refractivity contribution in [1.82, 2.24) is 25.2 Å². The summed E-state index contributed by atoms with van der Waals surface area (Å²) in [5, 5.41) is 3.65. The summed E-state index contributed by atoms with van der Waals surface area (Å²) < 4.78 is 0. The molecule has 0 aromatic carbocycles. The summed E-state index contributed by atoms with van der Waals surface area (Å²) in [6.45, 7) is 10.6. The van der Waals surface area contributed by atoms with Crippen LogP contribution in [0.15, 0.2) is 12.1 Å². The molecule has 0 unspecified atom stereocenters. The van der Waals surface area contributed by atoms with Gasteiger partial charge in [0.1, 0.15) is 5.82 Å². The Bertz CT molecular complexity index is 859. The van der Waals surface area contributed by atoms with Crippen LogP contribution in [0.5, 0.6) is 0 Å². The van der Waals surface area contributed by atoms with Crippen LogP contribution >= 0.6 is 0 Å². The van der Waals surface area contributed by atoms with Gasteiger partial charge in [0.2, 0.25) is 5.82 Å². The average Bonchev–Trinajstić information content (AvgIpc) is 3.09. The molecule has 0 bridgehead atoms. The molecule has 3 rings (SSSR count). The van der Waals surface area contributed by atoms with Crippen molar-refractivity contribution in [2.75, 3.05) is 32.1 Å². The second kappa shape index (κ2) is 8.22. The Morgan fingerprint density at radius 2 is 1.82 bits per heavy atom. The van der Waals surface area contributed by atoms with Gasteiger partial charge in [-0.25, -0.2) is 9.97 Å². The number of anilines is 1. The van der Waals surface area contributed by atoms with Crippen molar-refractivity contribution in [3.8, 4) is 0 Å². The number of hydrogen-bond donors (Lipinski definition) is 1. The number of hydrogen-bond acceptors (Lipinski definition) is 6. The first-order valence-corrected chi connectivity index (χ1v) is 9.74. The van der Waals surface area contributed by atoms with Gasteiger partial charge in [0.15, 0.2) is 0 Å². The molecule has 7 nitrogen and oxygen atoms in total. The number of pyridine rings is 1. The van der Waals surface area contributed by atoms with Crippen molar-refractivity contribution < 1.29 is 4.79 Å². The van der Waals surface area contributed by atoms with E-state index in [2.05, 4.69) is 37.3 Å². The van der Waals surface area contributed by atoms with Gasteiger partial charge in [0, 0.05) is 62.4 Å². The Kier molecular flexibility index (Phi) is 5.93. The molecule has 1 amide bonds. The van der Waals surface area contributed by atoms with Gasteiger partial charge < -0.3 is 15.1 Å². The Morgan fingerprint density at radius 1 is 1.14 bits per heavy atom. The van der Waals surface area contributed by atoms with Crippen LogP contribution in [0.2, 0.25) is 0 Å². The highest BCUT2D eigenvalue weighted by Gasteiger charge is 2.26. The van der Waals surface area contributed by atoms with Crippen LogP contribution in [0.25, 0.3) is 0 Å². The lowest BCUT2D eigenvalue weighted by molar-refractivity contribution is 0.0815. The van der Waals surface area contributed by atoms with Gasteiger partial charge >= 0.3 is 0 Å². The normalized spacial score (nSPS) is 16.5. The van der Waals surface area contributed by atoms with Crippen molar-refractivity contribution in [1.29, 1.82) is 0 Å². The van der Waals surface area contributed by atoms with Crippen LogP contribution < -0.4 is 10.2 Å². The second-order valence-corrected chi connectivity index (χ2v) is 7.85. The van der Waals surface area contributed by atoms with E-state index in [-0.39, 0.29) is 11.7 Å². The third-order valence-corrected chi connectivity index (χ3v) is 5.18. The van der Waals surface area contributed by atoms with Crippen molar-refractivity contribution in [3.05, 3.63) is 46.2 Å². The van der Waals surface area contributed by atoms with Gasteiger partial charge in [0.25, 0.3) is 5.91 Å². The van der Waals surface area contributed by atoms with Crippen molar-refractivity contribution in [3.63, 3.8) is 0 Å². The molecular formula is C21H30N6O. The van der Waals surface area contributed by atoms with E-state index >= 15 is 0 Å². The molecule has 2 aromatic rings. The maximum atomic E-state index is 12.3. The summed E-state index contributed by atoms with van der Waals surface area (Å²) >= 11 is 0. The molecule has 7 heteroatoms. The Morgan fingerprint density at radius 3 is 2.46 bits per heavy atom. The lowest BCUT2D eigenvalue weighted by atomic mass is 10.2. The van der Waals surface area contributed by atoms with Gasteiger partial charge in [0.05, 0.1) is 0 Å². The lowest BCUT2D eigenvalue weighted by Crippen LogP contribution is -2.33. The van der Waals surface area contributed by atoms with E-state index in [1.54, 1.807) is 14.1 Å². The fraction of sp³-hybridized carbons (Fsp3) is 0.524. The fourth-order valence-corrected chi connectivity index (χ4v) is 3.62. The van der Waals surface area contributed by atoms with Crippen LogP contribution in [0, 0.1) is 27.7 Å². The van der Waals surface area contributed by atoms with Crippen LogP contribution in [-0.2, 0) is 6.54 Å². The number of aryl methyl sites for hydroxylation is 3. The van der Waals surface area contributed by atoms with E-state index < -0.39 is 0 Å². The highest BCUT2D eigenvalue weighted by molar-refractivity contribution is 5.90. The third kappa shape index (κ3) is 4.47. The molecule has 1 N–H and O–H groups in total. The van der Waals surface area contributed by atoms with Crippen LogP contribution in [-0.4, -0.2) is 59.0 Å². The van der Waals surface area contributed by atoms with Gasteiger partial charge in [-0.05, 0) is 51.8 Å². The molecule has 1 aliphatic rings. The Hall–Kier alpha value is -2.54. The molecule has 1 aliphatic heterocycles. The molecule has 150 valence electrons. The summed E-state index contributed by atoms with van der Waals surface area (Å²) in [5.74, 6) is 0.974. The largest absolute Gasteiger partial charge is 0.355 e. The number of aromatic nitrogens is 3. The average molecular weight is 383 g/mol. The zero-order valence-electron chi connectivity index (χ0n) is 17.7. The number of amides is 1. The topological polar surface area (TPSA) is 74.2 Å². The molecule has 1 fully saturated rings. The SMILES string of the molecule is Cc1cc(CN[C@@H]2CCN(c3nc(C(=O)N(C)C)nc(C)c3C)C2)cc(C)n1. The highest BCUT2D eigenvalue weighted by Crippen LogP contribution is 2.24. The van der Waals surface area contributed by atoms with E-state index in [0.717, 1.165) is 54.5 Å².